The SMILES string of the molecule is N#Cc1ccc(CO/N=[C]\c2ccc(F)cc2)cc1. The third kappa shape index (κ3) is 3.93. The molecule has 0 saturated heterocycles. The zero-order chi connectivity index (χ0) is 13.5. The summed E-state index contributed by atoms with van der Waals surface area (Å²) in [4.78, 5) is 5.06. The van der Waals surface area contributed by atoms with Crippen LogP contribution in [0.5, 0.6) is 0 Å². The third-order valence-corrected chi connectivity index (χ3v) is 2.40. The molecule has 0 N–H and O–H groups in total. The Labute approximate surface area is 110 Å². The van der Waals surface area contributed by atoms with Crippen LogP contribution in [0.15, 0.2) is 53.7 Å². The van der Waals surface area contributed by atoms with Crippen LogP contribution >= 0.6 is 0 Å². The van der Waals surface area contributed by atoms with Gasteiger partial charge in [-0.3, -0.25) is 0 Å². The third-order valence-electron chi connectivity index (χ3n) is 2.40. The van der Waals surface area contributed by atoms with E-state index in [1.807, 2.05) is 6.07 Å². The van der Waals surface area contributed by atoms with Crippen LogP contribution in [0.4, 0.5) is 4.39 Å². The average molecular weight is 253 g/mol. The van der Waals surface area contributed by atoms with E-state index in [-0.39, 0.29) is 5.82 Å². The Balaban J connectivity index is 1.85. The van der Waals surface area contributed by atoms with Gasteiger partial charge in [0, 0.05) is 5.56 Å². The van der Waals surface area contributed by atoms with Gasteiger partial charge in [0.25, 0.3) is 0 Å². The molecule has 4 heteroatoms. The van der Waals surface area contributed by atoms with E-state index in [1.54, 1.807) is 36.4 Å². The van der Waals surface area contributed by atoms with Gasteiger partial charge in [0.05, 0.1) is 11.6 Å². The average Bonchev–Trinajstić information content (AvgIpc) is 2.46. The summed E-state index contributed by atoms with van der Waals surface area (Å²) < 4.78 is 12.6. The first-order chi connectivity index (χ1) is 9.28. The minimum Gasteiger partial charge on any atom is -0.390 e. The Kier molecular flexibility index (Phi) is 4.25. The summed E-state index contributed by atoms with van der Waals surface area (Å²) in [5.41, 5.74) is 2.15. The van der Waals surface area contributed by atoms with Crippen molar-refractivity contribution >= 4 is 6.21 Å². The highest BCUT2D eigenvalue weighted by Gasteiger charge is 1.94. The largest absolute Gasteiger partial charge is 0.390 e. The van der Waals surface area contributed by atoms with Crippen LogP contribution in [0.25, 0.3) is 0 Å². The Bertz CT molecular complexity index is 598. The first kappa shape index (κ1) is 12.8. The number of nitrogens with zero attached hydrogens (tertiary/aromatic N) is 2. The van der Waals surface area contributed by atoms with Crippen molar-refractivity contribution in [3.63, 3.8) is 0 Å². The molecule has 0 heterocycles. The number of halogens is 1. The predicted octanol–water partition coefficient (Wildman–Crippen LogP) is 3.13. The summed E-state index contributed by atoms with van der Waals surface area (Å²) in [6.07, 6.45) is 2.65. The van der Waals surface area contributed by atoms with Crippen molar-refractivity contribution in [1.82, 2.24) is 0 Å². The molecular formula is C15H10FN2O. The molecule has 0 unspecified atom stereocenters. The van der Waals surface area contributed by atoms with E-state index < -0.39 is 0 Å². The fraction of sp³-hybridized carbons (Fsp3) is 0.0667. The van der Waals surface area contributed by atoms with Gasteiger partial charge in [-0.25, -0.2) is 4.39 Å². The quantitative estimate of drug-likeness (QED) is 0.620. The molecule has 0 fully saturated rings. The lowest BCUT2D eigenvalue weighted by Gasteiger charge is -1.99. The van der Waals surface area contributed by atoms with Crippen LogP contribution in [-0.2, 0) is 11.4 Å². The summed E-state index contributed by atoms with van der Waals surface area (Å²) in [5.74, 6) is -0.302. The molecule has 93 valence electrons. The van der Waals surface area contributed by atoms with E-state index in [0.717, 1.165) is 5.56 Å². The maximum atomic E-state index is 12.6. The van der Waals surface area contributed by atoms with Gasteiger partial charge in [-0.1, -0.05) is 17.3 Å². The van der Waals surface area contributed by atoms with Crippen molar-refractivity contribution in [3.8, 4) is 6.07 Å². The number of nitriles is 1. The first-order valence-corrected chi connectivity index (χ1v) is 5.60. The molecule has 0 atom stereocenters. The molecule has 0 amide bonds. The number of hydrogen-bond acceptors (Lipinski definition) is 3. The number of benzene rings is 2. The van der Waals surface area contributed by atoms with Crippen LogP contribution in [0, 0.1) is 17.1 Å². The van der Waals surface area contributed by atoms with Crippen LogP contribution in [0.2, 0.25) is 0 Å². The molecule has 19 heavy (non-hydrogen) atoms. The van der Waals surface area contributed by atoms with Gasteiger partial charge in [0.15, 0.2) is 0 Å². The fourth-order valence-corrected chi connectivity index (χ4v) is 1.39. The first-order valence-electron chi connectivity index (χ1n) is 5.60. The molecule has 0 saturated carbocycles. The molecular weight excluding hydrogens is 243 g/mol. The fourth-order valence-electron chi connectivity index (χ4n) is 1.39. The van der Waals surface area contributed by atoms with E-state index in [0.29, 0.717) is 17.7 Å². The topological polar surface area (TPSA) is 45.4 Å². The lowest BCUT2D eigenvalue weighted by atomic mass is 10.2. The van der Waals surface area contributed by atoms with E-state index in [2.05, 4.69) is 11.4 Å². The summed E-state index contributed by atoms with van der Waals surface area (Å²) in [6, 6.07) is 14.8. The Morgan fingerprint density at radius 1 is 1.00 bits per heavy atom. The molecule has 0 aliphatic carbocycles. The minimum absolute atomic E-state index is 0.292. The highest BCUT2D eigenvalue weighted by molar-refractivity contribution is 5.78. The zero-order valence-electron chi connectivity index (χ0n) is 10.0. The van der Waals surface area contributed by atoms with Crippen LogP contribution in [0.3, 0.4) is 0 Å². The van der Waals surface area contributed by atoms with E-state index >= 15 is 0 Å². The van der Waals surface area contributed by atoms with Gasteiger partial charge in [0.2, 0.25) is 0 Å². The molecule has 0 spiro atoms. The molecule has 3 nitrogen and oxygen atoms in total. The lowest BCUT2D eigenvalue weighted by molar-refractivity contribution is 0.132. The van der Waals surface area contributed by atoms with E-state index in [1.165, 1.54) is 12.1 Å². The number of hydrogen-bond donors (Lipinski definition) is 0. The normalized spacial score (nSPS) is 10.3. The smallest absolute Gasteiger partial charge is 0.142 e. The van der Waals surface area contributed by atoms with E-state index in [9.17, 15) is 4.39 Å². The van der Waals surface area contributed by atoms with Gasteiger partial charge in [-0.15, -0.1) is 0 Å². The second-order valence-electron chi connectivity index (χ2n) is 3.79. The van der Waals surface area contributed by atoms with Crippen molar-refractivity contribution in [2.75, 3.05) is 0 Å². The standard InChI is InChI=1S/C15H10FN2O/c16-15-7-5-13(6-8-15)10-18-19-11-14-3-1-12(9-17)2-4-14/h1-8H,11H2. The maximum Gasteiger partial charge on any atom is 0.142 e. The molecule has 0 aromatic heterocycles. The monoisotopic (exact) mass is 253 g/mol. The lowest BCUT2D eigenvalue weighted by Crippen LogP contribution is -1.88. The summed E-state index contributed by atoms with van der Waals surface area (Å²) in [7, 11) is 0. The van der Waals surface area contributed by atoms with Crippen molar-refractivity contribution in [1.29, 1.82) is 5.26 Å². The Morgan fingerprint density at radius 3 is 2.26 bits per heavy atom. The minimum atomic E-state index is -0.302. The van der Waals surface area contributed by atoms with Crippen molar-refractivity contribution < 1.29 is 9.23 Å². The molecule has 0 bridgehead atoms. The zero-order valence-corrected chi connectivity index (χ0v) is 10.0. The molecule has 1 radical (unpaired) electrons. The van der Waals surface area contributed by atoms with Gasteiger partial charge >= 0.3 is 0 Å². The van der Waals surface area contributed by atoms with Gasteiger partial charge < -0.3 is 4.84 Å². The van der Waals surface area contributed by atoms with Crippen LogP contribution in [0.1, 0.15) is 16.7 Å². The van der Waals surface area contributed by atoms with Gasteiger partial charge in [0.1, 0.15) is 18.6 Å². The van der Waals surface area contributed by atoms with Gasteiger partial charge in [-0.05, 0) is 42.0 Å². The molecule has 0 aliphatic heterocycles. The van der Waals surface area contributed by atoms with Crippen LogP contribution < -0.4 is 0 Å². The van der Waals surface area contributed by atoms with Crippen LogP contribution in [-0.4, -0.2) is 6.21 Å². The highest BCUT2D eigenvalue weighted by Crippen LogP contribution is 2.05. The Hall–Kier alpha value is -2.67. The van der Waals surface area contributed by atoms with Gasteiger partial charge in [-0.2, -0.15) is 5.26 Å². The highest BCUT2D eigenvalue weighted by atomic mass is 19.1. The molecule has 2 rings (SSSR count). The second kappa shape index (κ2) is 6.31. The Morgan fingerprint density at radius 2 is 1.63 bits per heavy atom. The second-order valence-corrected chi connectivity index (χ2v) is 3.79. The maximum absolute atomic E-state index is 12.6. The predicted molar refractivity (Wildman–Crippen MR) is 68.9 cm³/mol. The van der Waals surface area contributed by atoms with E-state index in [4.69, 9.17) is 10.1 Å². The summed E-state index contributed by atoms with van der Waals surface area (Å²) in [6.45, 7) is 0.292. The molecule has 0 aliphatic rings. The number of rotatable bonds is 4. The summed E-state index contributed by atoms with van der Waals surface area (Å²) in [5, 5.41) is 12.3. The van der Waals surface area contributed by atoms with Crippen molar-refractivity contribution in [2.24, 2.45) is 5.16 Å². The van der Waals surface area contributed by atoms with Crippen molar-refractivity contribution in [2.45, 2.75) is 6.61 Å². The molecule has 2 aromatic rings. The molecule has 2 aromatic carbocycles. The summed E-state index contributed by atoms with van der Waals surface area (Å²) >= 11 is 0. The van der Waals surface area contributed by atoms with Crippen molar-refractivity contribution in [3.05, 3.63) is 71.0 Å².